The first-order chi connectivity index (χ1) is 8.10. The van der Waals surface area contributed by atoms with E-state index in [-0.39, 0.29) is 6.04 Å². The zero-order chi connectivity index (χ0) is 12.4. The van der Waals surface area contributed by atoms with Gasteiger partial charge in [0.15, 0.2) is 5.58 Å². The number of nitrogens with zero attached hydrogens (tertiary/aromatic N) is 1. The Morgan fingerprint density at radius 1 is 1.47 bits per heavy atom. The number of hydrogen-bond donors (Lipinski definition) is 2. The maximum absolute atomic E-state index is 11.0. The Morgan fingerprint density at radius 2 is 2.24 bits per heavy atom. The number of fused-ring (bicyclic) bond motifs is 1. The van der Waals surface area contributed by atoms with Crippen LogP contribution in [0.4, 0.5) is 0 Å². The van der Waals surface area contributed by atoms with Gasteiger partial charge in [0.05, 0.1) is 5.52 Å². The van der Waals surface area contributed by atoms with Crippen molar-refractivity contribution < 1.29 is 4.42 Å². The van der Waals surface area contributed by atoms with Crippen molar-refractivity contribution in [2.45, 2.75) is 12.5 Å². The highest BCUT2D eigenvalue weighted by Gasteiger charge is 2.11. The van der Waals surface area contributed by atoms with Crippen LogP contribution in [0.2, 0.25) is 0 Å². The smallest absolute Gasteiger partial charge is 0.408 e. The van der Waals surface area contributed by atoms with Crippen LogP contribution in [0.1, 0.15) is 5.56 Å². The Balaban J connectivity index is 2.26. The highest BCUT2D eigenvalue weighted by Crippen LogP contribution is 2.14. The SMILES string of the molecule is CN(C)C(CN)Cc1ccc2[nH]c(=O)oc2c1. The molecule has 0 aliphatic carbocycles. The molecule has 0 aliphatic rings. The molecule has 5 heteroatoms. The summed E-state index contributed by atoms with van der Waals surface area (Å²) in [5, 5.41) is 0. The van der Waals surface area contributed by atoms with Crippen molar-refractivity contribution in [3.8, 4) is 0 Å². The normalized spacial score (nSPS) is 13.4. The average molecular weight is 235 g/mol. The molecule has 1 unspecified atom stereocenters. The number of likely N-dealkylation sites (N-methyl/N-ethyl adjacent to an activating group) is 1. The molecule has 0 fully saturated rings. The largest absolute Gasteiger partial charge is 0.417 e. The first kappa shape index (κ1) is 11.9. The van der Waals surface area contributed by atoms with Crippen LogP contribution in [0.25, 0.3) is 11.1 Å². The van der Waals surface area contributed by atoms with E-state index in [2.05, 4.69) is 9.88 Å². The minimum atomic E-state index is -0.417. The summed E-state index contributed by atoms with van der Waals surface area (Å²) in [7, 11) is 4.01. The van der Waals surface area contributed by atoms with Crippen LogP contribution < -0.4 is 11.5 Å². The van der Waals surface area contributed by atoms with Crippen LogP contribution in [0.15, 0.2) is 27.4 Å². The van der Waals surface area contributed by atoms with E-state index in [1.165, 1.54) is 0 Å². The number of H-pyrrole nitrogens is 1. The van der Waals surface area contributed by atoms with Crippen molar-refractivity contribution in [3.63, 3.8) is 0 Å². The Bertz CT molecular complexity index is 556. The molecule has 1 aromatic heterocycles. The van der Waals surface area contributed by atoms with E-state index in [0.29, 0.717) is 12.1 Å². The van der Waals surface area contributed by atoms with Crippen LogP contribution >= 0.6 is 0 Å². The first-order valence-corrected chi connectivity index (χ1v) is 5.58. The summed E-state index contributed by atoms with van der Waals surface area (Å²) < 4.78 is 5.03. The number of aromatic amines is 1. The average Bonchev–Trinajstić information content (AvgIpc) is 2.64. The van der Waals surface area contributed by atoms with Crippen molar-refractivity contribution in [1.29, 1.82) is 0 Å². The van der Waals surface area contributed by atoms with Crippen LogP contribution in [0.3, 0.4) is 0 Å². The van der Waals surface area contributed by atoms with Crippen molar-refractivity contribution in [1.82, 2.24) is 9.88 Å². The predicted octanol–water partition coefficient (Wildman–Crippen LogP) is 0.553. The lowest BCUT2D eigenvalue weighted by molar-refractivity contribution is 0.298. The van der Waals surface area contributed by atoms with E-state index < -0.39 is 5.76 Å². The van der Waals surface area contributed by atoms with E-state index in [9.17, 15) is 4.79 Å². The highest BCUT2D eigenvalue weighted by molar-refractivity contribution is 5.72. The molecule has 5 nitrogen and oxygen atoms in total. The Morgan fingerprint density at radius 3 is 2.88 bits per heavy atom. The molecule has 92 valence electrons. The molecule has 2 rings (SSSR count). The minimum absolute atomic E-state index is 0.290. The molecular formula is C12H17N3O2. The van der Waals surface area contributed by atoms with E-state index in [1.54, 1.807) is 0 Å². The molecule has 0 aliphatic heterocycles. The maximum atomic E-state index is 11.0. The highest BCUT2D eigenvalue weighted by atomic mass is 16.4. The molecular weight excluding hydrogens is 218 g/mol. The molecule has 1 atom stereocenters. The fourth-order valence-electron chi connectivity index (χ4n) is 1.87. The molecule has 3 N–H and O–H groups in total. The fraction of sp³-hybridized carbons (Fsp3) is 0.417. The Hall–Kier alpha value is -1.59. The predicted molar refractivity (Wildman–Crippen MR) is 67.1 cm³/mol. The lowest BCUT2D eigenvalue weighted by Gasteiger charge is -2.22. The number of hydrogen-bond acceptors (Lipinski definition) is 4. The maximum Gasteiger partial charge on any atom is 0.417 e. The second-order valence-corrected chi connectivity index (χ2v) is 4.40. The molecule has 17 heavy (non-hydrogen) atoms. The third-order valence-corrected chi connectivity index (χ3v) is 2.96. The zero-order valence-corrected chi connectivity index (χ0v) is 10.1. The number of nitrogens with two attached hydrogens (primary N) is 1. The summed E-state index contributed by atoms with van der Waals surface area (Å²) in [5.74, 6) is -0.417. The van der Waals surface area contributed by atoms with Crippen LogP contribution in [-0.4, -0.2) is 36.6 Å². The van der Waals surface area contributed by atoms with E-state index in [4.69, 9.17) is 10.2 Å². The lowest BCUT2D eigenvalue weighted by Crippen LogP contribution is -2.36. The second kappa shape index (κ2) is 4.73. The van der Waals surface area contributed by atoms with Gasteiger partial charge >= 0.3 is 5.76 Å². The summed E-state index contributed by atoms with van der Waals surface area (Å²) in [4.78, 5) is 15.7. The summed E-state index contributed by atoms with van der Waals surface area (Å²) in [6.45, 7) is 0.599. The zero-order valence-electron chi connectivity index (χ0n) is 10.1. The van der Waals surface area contributed by atoms with Gasteiger partial charge in [-0.15, -0.1) is 0 Å². The standard InChI is InChI=1S/C12H17N3O2/c1-15(2)9(7-13)5-8-3-4-10-11(6-8)17-12(16)14-10/h3-4,6,9H,5,7,13H2,1-2H3,(H,14,16). The minimum Gasteiger partial charge on any atom is -0.408 e. The first-order valence-electron chi connectivity index (χ1n) is 5.58. The van der Waals surface area contributed by atoms with Gasteiger partial charge in [-0.3, -0.25) is 4.98 Å². The van der Waals surface area contributed by atoms with Crippen molar-refractivity contribution >= 4 is 11.1 Å². The third kappa shape index (κ3) is 2.57. The topological polar surface area (TPSA) is 75.3 Å². The molecule has 0 saturated heterocycles. The van der Waals surface area contributed by atoms with E-state index >= 15 is 0 Å². The number of benzene rings is 1. The number of rotatable bonds is 4. The van der Waals surface area contributed by atoms with Gasteiger partial charge in [-0.1, -0.05) is 6.07 Å². The summed E-state index contributed by atoms with van der Waals surface area (Å²) >= 11 is 0. The van der Waals surface area contributed by atoms with E-state index in [0.717, 1.165) is 17.5 Å². The molecule has 0 bridgehead atoms. The van der Waals surface area contributed by atoms with Gasteiger partial charge in [0.1, 0.15) is 0 Å². The van der Waals surface area contributed by atoms with Gasteiger partial charge < -0.3 is 15.1 Å². The molecule has 0 spiro atoms. The van der Waals surface area contributed by atoms with Gasteiger partial charge in [-0.25, -0.2) is 4.79 Å². The number of oxazole rings is 1. The Kier molecular flexibility index (Phi) is 3.31. The van der Waals surface area contributed by atoms with Gasteiger partial charge in [0, 0.05) is 12.6 Å². The van der Waals surface area contributed by atoms with Crippen molar-refractivity contribution in [2.75, 3.05) is 20.6 Å². The summed E-state index contributed by atoms with van der Waals surface area (Å²) in [5.41, 5.74) is 8.16. The van der Waals surface area contributed by atoms with Gasteiger partial charge in [-0.2, -0.15) is 0 Å². The summed E-state index contributed by atoms with van der Waals surface area (Å²) in [6, 6.07) is 6.02. The molecule has 0 saturated carbocycles. The lowest BCUT2D eigenvalue weighted by atomic mass is 10.0. The van der Waals surface area contributed by atoms with Gasteiger partial charge in [-0.05, 0) is 38.2 Å². The molecule has 1 heterocycles. The van der Waals surface area contributed by atoms with Crippen LogP contribution in [0.5, 0.6) is 0 Å². The molecule has 2 aromatic rings. The second-order valence-electron chi connectivity index (χ2n) is 4.40. The molecule has 0 radical (unpaired) electrons. The summed E-state index contributed by atoms with van der Waals surface area (Å²) in [6.07, 6.45) is 0.842. The monoisotopic (exact) mass is 235 g/mol. The quantitative estimate of drug-likeness (QED) is 0.811. The third-order valence-electron chi connectivity index (χ3n) is 2.96. The fourth-order valence-corrected chi connectivity index (χ4v) is 1.87. The van der Waals surface area contributed by atoms with Crippen molar-refractivity contribution in [2.24, 2.45) is 5.73 Å². The molecule has 1 aromatic carbocycles. The van der Waals surface area contributed by atoms with Gasteiger partial charge in [0.2, 0.25) is 0 Å². The van der Waals surface area contributed by atoms with E-state index in [1.807, 2.05) is 32.3 Å². The van der Waals surface area contributed by atoms with Crippen molar-refractivity contribution in [3.05, 3.63) is 34.3 Å². The number of aromatic nitrogens is 1. The van der Waals surface area contributed by atoms with Crippen LogP contribution in [-0.2, 0) is 6.42 Å². The van der Waals surface area contributed by atoms with Gasteiger partial charge in [0.25, 0.3) is 0 Å². The van der Waals surface area contributed by atoms with Crippen LogP contribution in [0, 0.1) is 0 Å². The molecule has 0 amide bonds. The Labute approximate surface area is 99.2 Å². The number of nitrogens with one attached hydrogen (secondary N) is 1.